The molecule has 1 aromatic rings. The van der Waals surface area contributed by atoms with Gasteiger partial charge in [-0.1, -0.05) is 11.6 Å². The molecule has 0 saturated carbocycles. The Morgan fingerprint density at radius 3 is 2.63 bits per heavy atom. The number of nitrogens with zero attached hydrogens (tertiary/aromatic N) is 2. The lowest BCUT2D eigenvalue weighted by Crippen LogP contribution is -2.41. The summed E-state index contributed by atoms with van der Waals surface area (Å²) >= 11 is 9.39. The predicted molar refractivity (Wildman–Crippen MR) is 80.0 cm³/mol. The van der Waals surface area contributed by atoms with Crippen molar-refractivity contribution in [1.82, 2.24) is 9.29 Å². The van der Waals surface area contributed by atoms with Crippen LogP contribution in [0.15, 0.2) is 16.7 Å². The summed E-state index contributed by atoms with van der Waals surface area (Å²) in [6.45, 7) is 1.06. The smallest absolute Gasteiger partial charge is 0.211 e. The van der Waals surface area contributed by atoms with Crippen LogP contribution in [0, 0.1) is 0 Å². The van der Waals surface area contributed by atoms with Gasteiger partial charge < -0.3 is 5.32 Å². The Hall–Kier alpha value is -0.370. The number of halogens is 2. The van der Waals surface area contributed by atoms with Crippen molar-refractivity contribution in [1.29, 1.82) is 0 Å². The maximum atomic E-state index is 11.4. The zero-order valence-electron chi connectivity index (χ0n) is 10.4. The molecule has 1 N–H and O–H groups in total. The van der Waals surface area contributed by atoms with Crippen LogP contribution >= 0.6 is 27.5 Å². The van der Waals surface area contributed by atoms with Crippen molar-refractivity contribution in [3.05, 3.63) is 21.8 Å². The lowest BCUT2D eigenvalue weighted by atomic mass is 10.1. The summed E-state index contributed by atoms with van der Waals surface area (Å²) in [5, 5.41) is 3.82. The Kier molecular flexibility index (Phi) is 4.70. The van der Waals surface area contributed by atoms with E-state index in [2.05, 4.69) is 26.2 Å². The van der Waals surface area contributed by atoms with Crippen LogP contribution < -0.4 is 5.32 Å². The third-order valence-electron chi connectivity index (χ3n) is 3.07. The van der Waals surface area contributed by atoms with Gasteiger partial charge >= 0.3 is 0 Å². The fourth-order valence-corrected chi connectivity index (χ4v) is 3.60. The number of hydrogen-bond donors (Lipinski definition) is 1. The first-order valence-electron chi connectivity index (χ1n) is 5.89. The molecule has 19 heavy (non-hydrogen) atoms. The summed E-state index contributed by atoms with van der Waals surface area (Å²) in [7, 11) is -3.08. The van der Waals surface area contributed by atoms with Crippen molar-refractivity contribution < 1.29 is 8.42 Å². The molecule has 0 amide bonds. The number of hydrogen-bond acceptors (Lipinski definition) is 4. The van der Waals surface area contributed by atoms with Crippen molar-refractivity contribution in [2.24, 2.45) is 0 Å². The Balaban J connectivity index is 1.96. The number of rotatable bonds is 3. The van der Waals surface area contributed by atoms with Crippen LogP contribution in [-0.2, 0) is 10.0 Å². The number of piperidine rings is 1. The fourth-order valence-electron chi connectivity index (χ4n) is 2.05. The van der Waals surface area contributed by atoms with Crippen LogP contribution in [0.5, 0.6) is 0 Å². The Morgan fingerprint density at radius 1 is 1.47 bits per heavy atom. The molecule has 1 saturated heterocycles. The van der Waals surface area contributed by atoms with Gasteiger partial charge in [0, 0.05) is 29.8 Å². The highest BCUT2D eigenvalue weighted by molar-refractivity contribution is 9.10. The number of pyridine rings is 1. The summed E-state index contributed by atoms with van der Waals surface area (Å²) in [4.78, 5) is 4.22. The van der Waals surface area contributed by atoms with Crippen LogP contribution in [0.25, 0.3) is 0 Å². The topological polar surface area (TPSA) is 62.3 Å². The molecule has 0 bridgehead atoms. The minimum Gasteiger partial charge on any atom is -0.366 e. The molecule has 1 fully saturated rings. The summed E-state index contributed by atoms with van der Waals surface area (Å²) < 4.78 is 25.1. The third kappa shape index (κ3) is 4.05. The second-order valence-electron chi connectivity index (χ2n) is 4.56. The Morgan fingerprint density at radius 2 is 2.11 bits per heavy atom. The van der Waals surface area contributed by atoms with Gasteiger partial charge in [0.1, 0.15) is 5.82 Å². The molecule has 0 spiro atoms. The van der Waals surface area contributed by atoms with Gasteiger partial charge in [-0.2, -0.15) is 0 Å². The second-order valence-corrected chi connectivity index (χ2v) is 7.87. The molecule has 5 nitrogen and oxygen atoms in total. The van der Waals surface area contributed by atoms with Crippen molar-refractivity contribution in [2.45, 2.75) is 18.9 Å². The summed E-state index contributed by atoms with van der Waals surface area (Å²) in [6.07, 6.45) is 4.43. The van der Waals surface area contributed by atoms with Crippen molar-refractivity contribution in [3.8, 4) is 0 Å². The van der Waals surface area contributed by atoms with E-state index >= 15 is 0 Å². The quantitative estimate of drug-likeness (QED) is 0.889. The van der Waals surface area contributed by atoms with E-state index in [0.717, 1.165) is 17.3 Å². The van der Waals surface area contributed by atoms with Gasteiger partial charge in [-0.3, -0.25) is 0 Å². The largest absolute Gasteiger partial charge is 0.366 e. The normalized spacial score (nSPS) is 18.5. The summed E-state index contributed by atoms with van der Waals surface area (Å²) in [6, 6.07) is 1.98. The molecule has 0 atom stereocenters. The van der Waals surface area contributed by atoms with Gasteiger partial charge in [0.25, 0.3) is 0 Å². The number of sulfonamides is 1. The Labute approximate surface area is 126 Å². The molecule has 2 rings (SSSR count). The van der Waals surface area contributed by atoms with E-state index in [0.29, 0.717) is 23.9 Å². The predicted octanol–water partition coefficient (Wildman–Crippen LogP) is 2.33. The van der Waals surface area contributed by atoms with Crippen molar-refractivity contribution in [3.63, 3.8) is 0 Å². The molecule has 0 radical (unpaired) electrons. The minimum atomic E-state index is -3.08. The molecule has 8 heteroatoms. The maximum Gasteiger partial charge on any atom is 0.211 e. The molecular formula is C11H15BrClN3O2S. The molecule has 106 valence electrons. The van der Waals surface area contributed by atoms with Gasteiger partial charge in [0.15, 0.2) is 0 Å². The highest BCUT2D eigenvalue weighted by Gasteiger charge is 2.25. The van der Waals surface area contributed by atoms with Crippen LogP contribution in [0.3, 0.4) is 0 Å². The SMILES string of the molecule is CS(=O)(=O)N1CCC(Nc2ncc(Br)cc2Cl)CC1. The molecule has 1 aliphatic rings. The van der Waals surface area contributed by atoms with E-state index in [1.54, 1.807) is 12.3 Å². The first-order chi connectivity index (χ1) is 8.86. The minimum absolute atomic E-state index is 0.198. The standard InChI is InChI=1S/C11H15BrClN3O2S/c1-19(17,18)16-4-2-9(3-5-16)15-11-10(13)6-8(12)7-14-11/h6-7,9H,2-5H2,1H3,(H,14,15). The molecular weight excluding hydrogens is 354 g/mol. The van der Waals surface area contributed by atoms with E-state index in [4.69, 9.17) is 11.6 Å². The molecule has 0 unspecified atom stereocenters. The van der Waals surface area contributed by atoms with Crippen LogP contribution in [0.2, 0.25) is 5.02 Å². The first kappa shape index (κ1) is 15.0. The van der Waals surface area contributed by atoms with E-state index < -0.39 is 10.0 Å². The van der Waals surface area contributed by atoms with E-state index in [9.17, 15) is 8.42 Å². The van der Waals surface area contributed by atoms with Crippen molar-refractivity contribution >= 4 is 43.4 Å². The van der Waals surface area contributed by atoms with Crippen LogP contribution in [-0.4, -0.2) is 43.1 Å². The summed E-state index contributed by atoms with van der Waals surface area (Å²) in [5.74, 6) is 0.641. The summed E-state index contributed by atoms with van der Waals surface area (Å²) in [5.41, 5.74) is 0. The van der Waals surface area contributed by atoms with E-state index in [1.165, 1.54) is 10.6 Å². The monoisotopic (exact) mass is 367 g/mol. The van der Waals surface area contributed by atoms with Gasteiger partial charge in [-0.25, -0.2) is 17.7 Å². The van der Waals surface area contributed by atoms with Gasteiger partial charge in [0.2, 0.25) is 10.0 Å². The van der Waals surface area contributed by atoms with E-state index in [-0.39, 0.29) is 6.04 Å². The Bertz CT molecular complexity index is 559. The van der Waals surface area contributed by atoms with Gasteiger partial charge in [0.05, 0.1) is 11.3 Å². The maximum absolute atomic E-state index is 11.4. The molecule has 2 heterocycles. The molecule has 1 aromatic heterocycles. The third-order valence-corrected chi connectivity index (χ3v) is 5.10. The zero-order chi connectivity index (χ0) is 14.0. The zero-order valence-corrected chi connectivity index (χ0v) is 13.6. The lowest BCUT2D eigenvalue weighted by molar-refractivity contribution is 0.331. The molecule has 1 aliphatic heterocycles. The van der Waals surface area contributed by atoms with Gasteiger partial charge in [-0.05, 0) is 34.8 Å². The van der Waals surface area contributed by atoms with Crippen LogP contribution in [0.1, 0.15) is 12.8 Å². The van der Waals surface area contributed by atoms with Crippen molar-refractivity contribution in [2.75, 3.05) is 24.7 Å². The fraction of sp³-hybridized carbons (Fsp3) is 0.545. The average molecular weight is 369 g/mol. The highest BCUT2D eigenvalue weighted by Crippen LogP contribution is 2.25. The number of anilines is 1. The van der Waals surface area contributed by atoms with Crippen LogP contribution in [0.4, 0.5) is 5.82 Å². The lowest BCUT2D eigenvalue weighted by Gasteiger charge is -2.31. The first-order valence-corrected chi connectivity index (χ1v) is 8.91. The second kappa shape index (κ2) is 5.95. The average Bonchev–Trinajstić information content (AvgIpc) is 2.32. The van der Waals surface area contributed by atoms with Gasteiger partial charge in [-0.15, -0.1) is 0 Å². The number of nitrogens with one attached hydrogen (secondary N) is 1. The molecule has 0 aliphatic carbocycles. The van der Waals surface area contributed by atoms with E-state index in [1.807, 2.05) is 0 Å². The highest BCUT2D eigenvalue weighted by atomic mass is 79.9. The number of aromatic nitrogens is 1. The molecule has 0 aromatic carbocycles.